The molecule has 0 N–H and O–H groups in total. The number of hydrogen-bond donors (Lipinski definition) is 0. The third-order valence-electron chi connectivity index (χ3n) is 3.68. The van der Waals surface area contributed by atoms with Crippen molar-refractivity contribution in [1.29, 1.82) is 0 Å². The van der Waals surface area contributed by atoms with Gasteiger partial charge in [-0.05, 0) is 20.2 Å². The Kier molecular flexibility index (Phi) is 5.08. The van der Waals surface area contributed by atoms with Gasteiger partial charge in [-0.15, -0.1) is 0 Å². The summed E-state index contributed by atoms with van der Waals surface area (Å²) < 4.78 is 13.5. The molecule has 1 aromatic rings. The van der Waals surface area contributed by atoms with Crippen molar-refractivity contribution < 1.29 is 9.31 Å². The van der Waals surface area contributed by atoms with Crippen LogP contribution in [0, 0.1) is 15.9 Å². The van der Waals surface area contributed by atoms with Crippen LogP contribution in [0.25, 0.3) is 0 Å². The molecule has 1 fully saturated rings. The van der Waals surface area contributed by atoms with Gasteiger partial charge in [0.15, 0.2) is 0 Å². The van der Waals surface area contributed by atoms with Crippen LogP contribution < -0.4 is 4.90 Å². The van der Waals surface area contributed by atoms with Gasteiger partial charge in [0, 0.05) is 51.0 Å². The summed E-state index contributed by atoms with van der Waals surface area (Å²) >= 11 is 0. The fourth-order valence-electron chi connectivity index (χ4n) is 2.42. The predicted molar refractivity (Wildman–Crippen MR) is 80.3 cm³/mol. The Morgan fingerprint density at radius 2 is 1.90 bits per heavy atom. The van der Waals surface area contributed by atoms with Crippen LogP contribution in [0.4, 0.5) is 15.8 Å². The van der Waals surface area contributed by atoms with E-state index in [1.165, 1.54) is 12.1 Å². The first-order valence-electron chi connectivity index (χ1n) is 7.03. The lowest BCUT2D eigenvalue weighted by Crippen LogP contribution is -2.48. The van der Waals surface area contributed by atoms with Gasteiger partial charge >= 0.3 is 0 Å². The Balaban J connectivity index is 1.97. The molecule has 1 saturated heterocycles. The molecule has 7 heteroatoms. The van der Waals surface area contributed by atoms with Gasteiger partial charge < -0.3 is 9.80 Å². The summed E-state index contributed by atoms with van der Waals surface area (Å²) in [6.07, 6.45) is 0. The van der Waals surface area contributed by atoms with E-state index in [0.717, 1.165) is 45.3 Å². The molecule has 116 valence electrons. The van der Waals surface area contributed by atoms with Gasteiger partial charge in [-0.1, -0.05) is 0 Å². The minimum atomic E-state index is -0.561. The van der Waals surface area contributed by atoms with E-state index in [4.69, 9.17) is 0 Å². The molecule has 0 bridgehead atoms. The Morgan fingerprint density at radius 3 is 2.48 bits per heavy atom. The predicted octanol–water partition coefficient (Wildman–Crippen LogP) is 1.42. The monoisotopic (exact) mass is 296 g/mol. The minimum absolute atomic E-state index is 0.194. The topological polar surface area (TPSA) is 52.9 Å². The maximum atomic E-state index is 13.5. The number of piperazine rings is 1. The van der Waals surface area contributed by atoms with Crippen LogP contribution in [-0.4, -0.2) is 68.1 Å². The first-order chi connectivity index (χ1) is 9.95. The molecule has 0 radical (unpaired) electrons. The first-order valence-corrected chi connectivity index (χ1v) is 7.03. The molecule has 0 spiro atoms. The molecular formula is C14H21FN4O2. The second-order valence-corrected chi connectivity index (χ2v) is 5.56. The Bertz CT molecular complexity index is 502. The summed E-state index contributed by atoms with van der Waals surface area (Å²) in [4.78, 5) is 16.7. The summed E-state index contributed by atoms with van der Waals surface area (Å²) in [5, 5.41) is 10.8. The molecule has 1 aliphatic heterocycles. The minimum Gasteiger partial charge on any atom is -0.369 e. The third-order valence-corrected chi connectivity index (χ3v) is 3.68. The second-order valence-electron chi connectivity index (χ2n) is 5.56. The van der Waals surface area contributed by atoms with E-state index in [0.29, 0.717) is 5.69 Å². The van der Waals surface area contributed by atoms with Gasteiger partial charge in [-0.3, -0.25) is 15.0 Å². The zero-order chi connectivity index (χ0) is 15.4. The Hall–Kier alpha value is -1.73. The lowest BCUT2D eigenvalue weighted by Gasteiger charge is -2.36. The zero-order valence-electron chi connectivity index (χ0n) is 12.5. The number of nitro groups is 1. The number of halogens is 1. The largest absolute Gasteiger partial charge is 0.369 e. The molecular weight excluding hydrogens is 275 g/mol. The molecule has 0 amide bonds. The summed E-state index contributed by atoms with van der Waals surface area (Å²) in [5.41, 5.74) is 0.397. The fourth-order valence-corrected chi connectivity index (χ4v) is 2.42. The summed E-state index contributed by atoms with van der Waals surface area (Å²) in [6, 6.07) is 3.76. The number of likely N-dealkylation sites (N-methyl/N-ethyl adjacent to an activating group) is 1. The molecule has 0 saturated carbocycles. The Labute approximate surface area is 123 Å². The van der Waals surface area contributed by atoms with Crippen molar-refractivity contribution in [3.05, 3.63) is 34.1 Å². The highest BCUT2D eigenvalue weighted by molar-refractivity contribution is 5.54. The number of non-ortho nitro benzene ring substituents is 1. The molecule has 6 nitrogen and oxygen atoms in total. The van der Waals surface area contributed by atoms with Gasteiger partial charge in [-0.2, -0.15) is 0 Å². The number of nitro benzene ring substituents is 1. The standard InChI is InChI=1S/C14H21FN4O2/c1-16(2)3-4-17-5-7-18(8-6-17)13-9-12(15)10-14(11-13)19(20)21/h9-11H,3-8H2,1-2H3. The van der Waals surface area contributed by atoms with Gasteiger partial charge in [0.2, 0.25) is 0 Å². The van der Waals surface area contributed by atoms with E-state index in [9.17, 15) is 14.5 Å². The van der Waals surface area contributed by atoms with Crippen molar-refractivity contribution >= 4 is 11.4 Å². The van der Waals surface area contributed by atoms with E-state index in [1.54, 1.807) is 0 Å². The quantitative estimate of drug-likeness (QED) is 0.607. The summed E-state index contributed by atoms with van der Waals surface area (Å²) in [7, 11) is 4.09. The SMILES string of the molecule is CN(C)CCN1CCN(c2cc(F)cc([N+](=O)[O-])c2)CC1. The van der Waals surface area contributed by atoms with Crippen molar-refractivity contribution in [3.8, 4) is 0 Å². The smallest absolute Gasteiger partial charge is 0.274 e. The van der Waals surface area contributed by atoms with Gasteiger partial charge in [0.25, 0.3) is 5.69 Å². The van der Waals surface area contributed by atoms with Gasteiger partial charge in [0.1, 0.15) is 5.82 Å². The molecule has 1 aliphatic rings. The van der Waals surface area contributed by atoms with E-state index >= 15 is 0 Å². The van der Waals surface area contributed by atoms with Crippen LogP contribution in [0.2, 0.25) is 0 Å². The first kappa shape index (κ1) is 15.7. The second kappa shape index (κ2) is 6.82. The van der Waals surface area contributed by atoms with E-state index in [1.807, 2.05) is 19.0 Å². The molecule has 21 heavy (non-hydrogen) atoms. The van der Waals surface area contributed by atoms with Crippen LogP contribution >= 0.6 is 0 Å². The van der Waals surface area contributed by atoms with Crippen LogP contribution in [0.1, 0.15) is 0 Å². The Morgan fingerprint density at radius 1 is 1.24 bits per heavy atom. The summed E-state index contributed by atoms with van der Waals surface area (Å²) in [6.45, 7) is 5.30. The fraction of sp³-hybridized carbons (Fsp3) is 0.571. The van der Waals surface area contributed by atoms with E-state index in [2.05, 4.69) is 9.80 Å². The zero-order valence-corrected chi connectivity index (χ0v) is 12.5. The molecule has 0 unspecified atom stereocenters. The highest BCUT2D eigenvalue weighted by atomic mass is 19.1. The van der Waals surface area contributed by atoms with E-state index in [-0.39, 0.29) is 5.69 Å². The normalized spacial score (nSPS) is 16.5. The molecule has 1 aromatic carbocycles. The number of nitrogens with zero attached hydrogens (tertiary/aromatic N) is 4. The average molecular weight is 296 g/mol. The maximum Gasteiger partial charge on any atom is 0.274 e. The average Bonchev–Trinajstić information content (AvgIpc) is 2.45. The highest BCUT2D eigenvalue weighted by Crippen LogP contribution is 2.24. The third kappa shape index (κ3) is 4.37. The molecule has 1 heterocycles. The van der Waals surface area contributed by atoms with Crippen molar-refractivity contribution in [2.75, 3.05) is 58.3 Å². The van der Waals surface area contributed by atoms with Crippen molar-refractivity contribution in [3.63, 3.8) is 0 Å². The highest BCUT2D eigenvalue weighted by Gasteiger charge is 2.19. The van der Waals surface area contributed by atoms with Gasteiger partial charge in [0.05, 0.1) is 11.0 Å². The van der Waals surface area contributed by atoms with Crippen molar-refractivity contribution in [2.45, 2.75) is 0 Å². The number of benzene rings is 1. The molecule has 2 rings (SSSR count). The lowest BCUT2D eigenvalue weighted by atomic mass is 10.2. The maximum absolute atomic E-state index is 13.5. The van der Waals surface area contributed by atoms with Gasteiger partial charge in [-0.25, -0.2) is 4.39 Å². The number of anilines is 1. The molecule has 0 aliphatic carbocycles. The number of hydrogen-bond acceptors (Lipinski definition) is 5. The number of rotatable bonds is 5. The van der Waals surface area contributed by atoms with Crippen LogP contribution in [0.3, 0.4) is 0 Å². The van der Waals surface area contributed by atoms with Crippen LogP contribution in [-0.2, 0) is 0 Å². The van der Waals surface area contributed by atoms with Crippen molar-refractivity contribution in [1.82, 2.24) is 9.80 Å². The van der Waals surface area contributed by atoms with Crippen LogP contribution in [0.5, 0.6) is 0 Å². The van der Waals surface area contributed by atoms with E-state index < -0.39 is 10.7 Å². The van der Waals surface area contributed by atoms with Crippen LogP contribution in [0.15, 0.2) is 18.2 Å². The summed E-state index contributed by atoms with van der Waals surface area (Å²) in [5.74, 6) is -0.561. The molecule has 0 atom stereocenters. The van der Waals surface area contributed by atoms with Crippen molar-refractivity contribution in [2.24, 2.45) is 0 Å². The lowest BCUT2D eigenvalue weighted by molar-refractivity contribution is -0.385. The molecule has 0 aromatic heterocycles.